The second-order valence-corrected chi connectivity index (χ2v) is 10.8. The van der Waals surface area contributed by atoms with Gasteiger partial charge >= 0.3 is 0 Å². The lowest BCUT2D eigenvalue weighted by atomic mass is 9.85. The molecular formula is C18H31N3O3S. The summed E-state index contributed by atoms with van der Waals surface area (Å²) in [6, 6.07) is 0. The molecule has 6 nitrogen and oxygen atoms in total. The van der Waals surface area contributed by atoms with E-state index in [2.05, 4.69) is 13.8 Å². The molecule has 25 heavy (non-hydrogen) atoms. The van der Waals surface area contributed by atoms with E-state index in [0.29, 0.717) is 25.6 Å². The molecule has 0 N–H and O–H groups in total. The predicted octanol–water partition coefficient (Wildman–Crippen LogP) is 1.97. The molecule has 142 valence electrons. The third-order valence-electron chi connectivity index (χ3n) is 5.77. The zero-order valence-electron chi connectivity index (χ0n) is 16.0. The van der Waals surface area contributed by atoms with Gasteiger partial charge in [-0.1, -0.05) is 27.7 Å². The van der Waals surface area contributed by atoms with Crippen LogP contribution in [0.2, 0.25) is 0 Å². The van der Waals surface area contributed by atoms with Crippen LogP contribution in [0.15, 0.2) is 4.99 Å². The first-order valence-corrected chi connectivity index (χ1v) is 11.0. The van der Waals surface area contributed by atoms with Crippen molar-refractivity contribution in [3.63, 3.8) is 0 Å². The summed E-state index contributed by atoms with van der Waals surface area (Å²) in [4.78, 5) is 19.8. The smallest absolute Gasteiger partial charge is 0.256 e. The topological polar surface area (TPSA) is 70.0 Å². The molecule has 1 amide bonds. The predicted molar refractivity (Wildman–Crippen MR) is 98.8 cm³/mol. The molecule has 1 spiro atoms. The third-order valence-corrected chi connectivity index (χ3v) is 7.94. The highest BCUT2D eigenvalue weighted by Gasteiger charge is 2.61. The zero-order valence-corrected chi connectivity index (χ0v) is 16.8. The van der Waals surface area contributed by atoms with Gasteiger partial charge in [0.1, 0.15) is 11.4 Å². The van der Waals surface area contributed by atoms with Crippen molar-refractivity contribution in [2.75, 3.05) is 25.4 Å². The molecule has 3 aliphatic rings. The van der Waals surface area contributed by atoms with E-state index in [1.54, 1.807) is 4.31 Å². The van der Waals surface area contributed by atoms with Crippen molar-refractivity contribution >= 4 is 21.8 Å². The van der Waals surface area contributed by atoms with Gasteiger partial charge in [-0.2, -0.15) is 0 Å². The van der Waals surface area contributed by atoms with Crippen molar-refractivity contribution in [1.82, 2.24) is 9.21 Å². The van der Waals surface area contributed by atoms with E-state index in [0.717, 1.165) is 18.7 Å². The number of fused-ring (bicyclic) bond motifs is 2. The summed E-state index contributed by atoms with van der Waals surface area (Å²) in [6.45, 7) is 11.6. The van der Waals surface area contributed by atoms with E-state index in [9.17, 15) is 13.2 Å². The molecule has 0 aromatic heterocycles. The van der Waals surface area contributed by atoms with Crippen LogP contribution in [0.5, 0.6) is 0 Å². The van der Waals surface area contributed by atoms with E-state index in [1.807, 2.05) is 25.7 Å². The second-order valence-electron chi connectivity index (χ2n) is 8.79. The molecule has 2 fully saturated rings. The lowest BCUT2D eigenvalue weighted by Gasteiger charge is -2.28. The molecule has 0 bridgehead atoms. The van der Waals surface area contributed by atoms with E-state index in [-0.39, 0.29) is 29.4 Å². The third kappa shape index (κ3) is 3.14. The summed E-state index contributed by atoms with van der Waals surface area (Å²) in [7, 11) is -3.25. The summed E-state index contributed by atoms with van der Waals surface area (Å²) in [5.74, 6) is 1.82. The Hall–Kier alpha value is -0.950. The van der Waals surface area contributed by atoms with Gasteiger partial charge in [0.15, 0.2) is 0 Å². The summed E-state index contributed by atoms with van der Waals surface area (Å²) >= 11 is 0. The SMILES string of the molecule is CC1=N[C@@]2(CC[C@@H]3CN(S(=O)(=O)CC(C)C)C[C@@H]32)C(=O)N1CC(C)C. The van der Waals surface area contributed by atoms with Crippen LogP contribution in [-0.2, 0) is 14.8 Å². The second kappa shape index (κ2) is 6.34. The molecule has 3 rings (SSSR count). The molecule has 3 atom stereocenters. The largest absolute Gasteiger partial charge is 0.298 e. The van der Waals surface area contributed by atoms with E-state index in [1.165, 1.54) is 0 Å². The van der Waals surface area contributed by atoms with E-state index >= 15 is 0 Å². The first-order valence-electron chi connectivity index (χ1n) is 9.43. The molecule has 2 aliphatic heterocycles. The van der Waals surface area contributed by atoms with Gasteiger partial charge in [0, 0.05) is 25.6 Å². The summed E-state index contributed by atoms with van der Waals surface area (Å²) in [6.07, 6.45) is 1.64. The van der Waals surface area contributed by atoms with Crippen LogP contribution in [0.1, 0.15) is 47.5 Å². The van der Waals surface area contributed by atoms with Gasteiger partial charge in [-0.05, 0) is 37.5 Å². The van der Waals surface area contributed by atoms with Gasteiger partial charge < -0.3 is 0 Å². The Morgan fingerprint density at radius 1 is 1.20 bits per heavy atom. The molecule has 0 aromatic carbocycles. The fourth-order valence-corrected chi connectivity index (χ4v) is 6.63. The minimum Gasteiger partial charge on any atom is -0.298 e. The standard InChI is InChI=1S/C18H31N3O3S/c1-12(2)8-21-14(5)19-18(17(21)22)7-6-15-9-20(10-16(15)18)25(23,24)11-13(3)4/h12-13,15-16H,6-11H2,1-5H3/t15-,16+,18-/m1/s1. The van der Waals surface area contributed by atoms with Gasteiger partial charge in [0.2, 0.25) is 10.0 Å². The average molecular weight is 370 g/mol. The van der Waals surface area contributed by atoms with Gasteiger partial charge in [-0.15, -0.1) is 0 Å². The highest BCUT2D eigenvalue weighted by atomic mass is 32.2. The number of aliphatic imine (C=N–C) groups is 1. The van der Waals surface area contributed by atoms with E-state index in [4.69, 9.17) is 4.99 Å². The molecule has 1 saturated carbocycles. The minimum absolute atomic E-state index is 0.0223. The first kappa shape index (κ1) is 18.8. The number of hydrogen-bond acceptors (Lipinski definition) is 4. The van der Waals surface area contributed by atoms with Gasteiger partial charge in [-0.3, -0.25) is 14.7 Å². The van der Waals surface area contributed by atoms with Crippen molar-refractivity contribution in [3.8, 4) is 0 Å². The Kier molecular flexibility index (Phi) is 4.77. The van der Waals surface area contributed by atoms with Crippen LogP contribution >= 0.6 is 0 Å². The van der Waals surface area contributed by atoms with Crippen LogP contribution in [0.3, 0.4) is 0 Å². The summed E-state index contributed by atoms with van der Waals surface area (Å²) < 4.78 is 26.9. The van der Waals surface area contributed by atoms with Crippen molar-refractivity contribution in [1.29, 1.82) is 0 Å². The van der Waals surface area contributed by atoms with Gasteiger partial charge in [0.05, 0.1) is 5.75 Å². The Morgan fingerprint density at radius 3 is 2.48 bits per heavy atom. The quantitative estimate of drug-likeness (QED) is 0.744. The molecule has 0 aromatic rings. The molecule has 1 aliphatic carbocycles. The number of carbonyl (C=O) groups excluding carboxylic acids is 1. The Morgan fingerprint density at radius 2 is 1.88 bits per heavy atom. The highest BCUT2D eigenvalue weighted by Crippen LogP contribution is 2.50. The maximum atomic E-state index is 13.2. The summed E-state index contributed by atoms with van der Waals surface area (Å²) in [5.41, 5.74) is -0.717. The Labute approximate surface area is 151 Å². The van der Waals surface area contributed by atoms with Crippen molar-refractivity contribution in [2.45, 2.75) is 53.0 Å². The van der Waals surface area contributed by atoms with Gasteiger partial charge in [-0.25, -0.2) is 12.7 Å². The monoisotopic (exact) mass is 369 g/mol. The Balaban J connectivity index is 1.82. The number of amides is 1. The number of nitrogens with zero attached hydrogens (tertiary/aromatic N) is 3. The molecular weight excluding hydrogens is 338 g/mol. The lowest BCUT2D eigenvalue weighted by molar-refractivity contribution is -0.132. The number of carbonyl (C=O) groups is 1. The zero-order chi connectivity index (χ0) is 18.6. The van der Waals surface area contributed by atoms with Crippen molar-refractivity contribution in [3.05, 3.63) is 0 Å². The summed E-state index contributed by atoms with van der Waals surface area (Å²) in [5, 5.41) is 0. The molecule has 0 unspecified atom stereocenters. The number of sulfonamides is 1. The van der Waals surface area contributed by atoms with Crippen LogP contribution in [0.25, 0.3) is 0 Å². The fraction of sp³-hybridized carbons (Fsp3) is 0.889. The number of rotatable bonds is 5. The van der Waals surface area contributed by atoms with E-state index < -0.39 is 15.6 Å². The van der Waals surface area contributed by atoms with Gasteiger partial charge in [0.25, 0.3) is 5.91 Å². The van der Waals surface area contributed by atoms with Crippen LogP contribution in [-0.4, -0.2) is 60.3 Å². The molecule has 1 saturated heterocycles. The minimum atomic E-state index is -3.25. The normalized spacial score (nSPS) is 33.2. The average Bonchev–Trinajstić information content (AvgIpc) is 3.09. The maximum Gasteiger partial charge on any atom is 0.256 e. The lowest BCUT2D eigenvalue weighted by Crippen LogP contribution is -2.47. The van der Waals surface area contributed by atoms with Crippen molar-refractivity contribution < 1.29 is 13.2 Å². The van der Waals surface area contributed by atoms with Crippen LogP contribution < -0.4 is 0 Å². The van der Waals surface area contributed by atoms with Crippen molar-refractivity contribution in [2.24, 2.45) is 28.7 Å². The fourth-order valence-electron chi connectivity index (χ4n) is 4.77. The van der Waals surface area contributed by atoms with Crippen LogP contribution in [0.4, 0.5) is 0 Å². The number of amidine groups is 1. The maximum absolute atomic E-state index is 13.2. The van der Waals surface area contributed by atoms with Crippen LogP contribution in [0, 0.1) is 23.7 Å². The molecule has 7 heteroatoms. The highest BCUT2D eigenvalue weighted by molar-refractivity contribution is 7.89. The number of hydrogen-bond donors (Lipinski definition) is 0. The first-order chi connectivity index (χ1) is 11.6. The molecule has 2 heterocycles. The Bertz CT molecular complexity index is 686. The molecule has 0 radical (unpaired) electrons.